The van der Waals surface area contributed by atoms with Crippen molar-refractivity contribution in [3.05, 3.63) is 0 Å². The molecule has 0 spiro atoms. The number of aliphatic hydroxyl groups is 1. The van der Waals surface area contributed by atoms with Gasteiger partial charge in [0.15, 0.2) is 0 Å². The maximum Gasteiger partial charge on any atom is 0.224 e. The molecule has 2 atom stereocenters. The van der Waals surface area contributed by atoms with Crippen molar-refractivity contribution in [1.82, 2.24) is 10.2 Å². The molecule has 5 nitrogen and oxygen atoms in total. The molecule has 1 fully saturated rings. The molecule has 0 unspecified atom stereocenters. The molecule has 0 saturated carbocycles. The van der Waals surface area contributed by atoms with Gasteiger partial charge in [0.1, 0.15) is 0 Å². The molecule has 2 N–H and O–H groups in total. The largest absolute Gasteiger partial charge is 0.396 e. The van der Waals surface area contributed by atoms with Gasteiger partial charge in [0.05, 0.1) is 12.6 Å². The van der Waals surface area contributed by atoms with Crippen LogP contribution in [0, 0.1) is 0 Å². The van der Waals surface area contributed by atoms with Crippen LogP contribution in [-0.4, -0.2) is 61.4 Å². The third-order valence-electron chi connectivity index (χ3n) is 2.88. The molecule has 94 valence electrons. The van der Waals surface area contributed by atoms with E-state index in [9.17, 15) is 4.79 Å². The fourth-order valence-corrected chi connectivity index (χ4v) is 2.05. The van der Waals surface area contributed by atoms with E-state index in [-0.39, 0.29) is 18.6 Å². The van der Waals surface area contributed by atoms with Crippen LogP contribution in [-0.2, 0) is 9.53 Å². The van der Waals surface area contributed by atoms with Gasteiger partial charge >= 0.3 is 0 Å². The molecule has 0 bridgehead atoms. The highest BCUT2D eigenvalue weighted by molar-refractivity contribution is 5.77. The molecule has 1 amide bonds. The first-order valence-electron chi connectivity index (χ1n) is 5.81. The summed E-state index contributed by atoms with van der Waals surface area (Å²) in [4.78, 5) is 13.7. The number of nitrogens with one attached hydrogen (secondary N) is 1. The molecule has 1 saturated heterocycles. The lowest BCUT2D eigenvalue weighted by Crippen LogP contribution is -2.46. The van der Waals surface area contributed by atoms with Crippen molar-refractivity contribution in [3.63, 3.8) is 0 Å². The highest BCUT2D eigenvalue weighted by atomic mass is 16.5. The van der Waals surface area contributed by atoms with Crippen molar-refractivity contribution in [3.8, 4) is 0 Å². The number of ether oxygens (including phenoxy) is 1. The quantitative estimate of drug-likeness (QED) is 0.674. The van der Waals surface area contributed by atoms with E-state index in [1.165, 1.54) is 0 Å². The molecule has 0 aromatic heterocycles. The topological polar surface area (TPSA) is 61.8 Å². The summed E-state index contributed by atoms with van der Waals surface area (Å²) >= 11 is 0. The minimum Gasteiger partial charge on any atom is -0.396 e. The van der Waals surface area contributed by atoms with E-state index < -0.39 is 0 Å². The van der Waals surface area contributed by atoms with Crippen molar-refractivity contribution in [1.29, 1.82) is 0 Å². The predicted octanol–water partition coefficient (Wildman–Crippen LogP) is -0.406. The molecule has 16 heavy (non-hydrogen) atoms. The predicted molar refractivity (Wildman–Crippen MR) is 61.2 cm³/mol. The molecular weight excluding hydrogens is 208 g/mol. The summed E-state index contributed by atoms with van der Waals surface area (Å²) in [6, 6.07) is 0.286. The summed E-state index contributed by atoms with van der Waals surface area (Å²) in [5.41, 5.74) is 0. The highest BCUT2D eigenvalue weighted by Crippen LogP contribution is 2.10. The Bertz CT molecular complexity index is 217. The SMILES string of the molecule is COC[C@H](CCO)N1C[C@@H](C)NCCC1=O. The minimum absolute atomic E-state index is 0.00940. The molecular formula is C11H22N2O3. The molecule has 1 aliphatic rings. The van der Waals surface area contributed by atoms with Gasteiger partial charge in [0.2, 0.25) is 5.91 Å². The lowest BCUT2D eigenvalue weighted by molar-refractivity contribution is -0.134. The lowest BCUT2D eigenvalue weighted by atomic mass is 10.1. The molecule has 1 heterocycles. The summed E-state index contributed by atoms with van der Waals surface area (Å²) < 4.78 is 5.11. The van der Waals surface area contributed by atoms with Crippen molar-refractivity contribution in [2.24, 2.45) is 0 Å². The molecule has 0 radical (unpaired) electrons. The number of carbonyl (C=O) groups excluding carboxylic acids is 1. The molecule has 0 aromatic carbocycles. The van der Waals surface area contributed by atoms with Crippen LogP contribution >= 0.6 is 0 Å². The second kappa shape index (κ2) is 6.83. The first-order chi connectivity index (χ1) is 7.69. The molecule has 5 heteroatoms. The average Bonchev–Trinajstić information content (AvgIpc) is 2.40. The van der Waals surface area contributed by atoms with Crippen LogP contribution in [0.2, 0.25) is 0 Å². The average molecular weight is 230 g/mol. The van der Waals surface area contributed by atoms with Crippen LogP contribution < -0.4 is 5.32 Å². The summed E-state index contributed by atoms with van der Waals surface area (Å²) in [5, 5.41) is 12.3. The van der Waals surface area contributed by atoms with Gasteiger partial charge in [-0.1, -0.05) is 0 Å². The summed E-state index contributed by atoms with van der Waals surface area (Å²) in [5.74, 6) is 0.146. The Morgan fingerprint density at radius 3 is 3.06 bits per heavy atom. The second-order valence-electron chi connectivity index (χ2n) is 4.27. The standard InChI is InChI=1S/C11H22N2O3/c1-9-7-13(11(15)3-5-12-9)10(4-6-14)8-16-2/h9-10,12,14H,3-8H2,1-2H3/t9-,10+/m1/s1. The van der Waals surface area contributed by atoms with Crippen LogP contribution in [0.25, 0.3) is 0 Å². The highest BCUT2D eigenvalue weighted by Gasteiger charge is 2.26. The smallest absolute Gasteiger partial charge is 0.224 e. The maximum atomic E-state index is 11.9. The Morgan fingerprint density at radius 1 is 1.69 bits per heavy atom. The summed E-state index contributed by atoms with van der Waals surface area (Å²) in [7, 11) is 1.62. The first-order valence-corrected chi connectivity index (χ1v) is 5.81. The number of aliphatic hydroxyl groups excluding tert-OH is 1. The first kappa shape index (κ1) is 13.4. The van der Waals surface area contributed by atoms with Crippen LogP contribution in [0.15, 0.2) is 0 Å². The van der Waals surface area contributed by atoms with Crippen molar-refractivity contribution in [2.45, 2.75) is 31.8 Å². The second-order valence-corrected chi connectivity index (χ2v) is 4.27. The third-order valence-corrected chi connectivity index (χ3v) is 2.88. The number of methoxy groups -OCH3 is 1. The van der Waals surface area contributed by atoms with Gasteiger partial charge in [-0.15, -0.1) is 0 Å². The van der Waals surface area contributed by atoms with E-state index in [2.05, 4.69) is 12.2 Å². The van der Waals surface area contributed by atoms with Gasteiger partial charge in [0.25, 0.3) is 0 Å². The number of carbonyl (C=O) groups is 1. The van der Waals surface area contributed by atoms with E-state index in [1.54, 1.807) is 7.11 Å². The van der Waals surface area contributed by atoms with Crippen molar-refractivity contribution < 1.29 is 14.6 Å². The number of hydrogen-bond acceptors (Lipinski definition) is 4. The lowest BCUT2D eigenvalue weighted by Gasteiger charge is -2.31. The Morgan fingerprint density at radius 2 is 2.44 bits per heavy atom. The van der Waals surface area contributed by atoms with Gasteiger partial charge in [-0.25, -0.2) is 0 Å². The Kier molecular flexibility index (Phi) is 5.73. The number of amides is 1. The zero-order valence-corrected chi connectivity index (χ0v) is 10.1. The Labute approximate surface area is 96.8 Å². The zero-order valence-electron chi connectivity index (χ0n) is 10.1. The van der Waals surface area contributed by atoms with Crippen molar-refractivity contribution in [2.75, 3.05) is 33.4 Å². The molecule has 0 aliphatic carbocycles. The van der Waals surface area contributed by atoms with E-state index in [4.69, 9.17) is 9.84 Å². The number of nitrogens with zero attached hydrogens (tertiary/aromatic N) is 1. The number of rotatable bonds is 5. The monoisotopic (exact) mass is 230 g/mol. The number of hydrogen-bond donors (Lipinski definition) is 2. The minimum atomic E-state index is -0.00940. The van der Waals surface area contributed by atoms with Gasteiger partial charge in [-0.3, -0.25) is 4.79 Å². The van der Waals surface area contributed by atoms with Crippen LogP contribution in [0.1, 0.15) is 19.8 Å². The molecule has 1 rings (SSSR count). The summed E-state index contributed by atoms with van der Waals surface area (Å²) in [6.07, 6.45) is 1.10. The van der Waals surface area contributed by atoms with Crippen molar-refractivity contribution >= 4 is 5.91 Å². The van der Waals surface area contributed by atoms with Gasteiger partial charge in [0, 0.05) is 39.3 Å². The van der Waals surface area contributed by atoms with Crippen LogP contribution in [0.4, 0.5) is 0 Å². The van der Waals surface area contributed by atoms with E-state index in [0.717, 1.165) is 6.54 Å². The molecule has 1 aliphatic heterocycles. The van der Waals surface area contributed by atoms with Crippen LogP contribution in [0.5, 0.6) is 0 Å². The normalized spacial score (nSPS) is 24.3. The fourth-order valence-electron chi connectivity index (χ4n) is 2.05. The maximum absolute atomic E-state index is 11.9. The zero-order chi connectivity index (χ0) is 12.0. The summed E-state index contributed by atoms with van der Waals surface area (Å²) in [6.45, 7) is 4.05. The Hall–Kier alpha value is -0.650. The molecule has 0 aromatic rings. The third kappa shape index (κ3) is 3.73. The van der Waals surface area contributed by atoms with Gasteiger partial charge in [-0.05, 0) is 13.3 Å². The Balaban J connectivity index is 2.65. The van der Waals surface area contributed by atoms with Gasteiger partial charge in [-0.2, -0.15) is 0 Å². The van der Waals surface area contributed by atoms with Gasteiger partial charge < -0.3 is 20.1 Å². The van der Waals surface area contributed by atoms with Crippen LogP contribution in [0.3, 0.4) is 0 Å². The van der Waals surface area contributed by atoms with E-state index in [1.807, 2.05) is 4.90 Å². The van der Waals surface area contributed by atoms with E-state index in [0.29, 0.717) is 32.0 Å². The fraction of sp³-hybridized carbons (Fsp3) is 0.909. The van der Waals surface area contributed by atoms with E-state index >= 15 is 0 Å².